The molecule has 1 aliphatic heterocycles. The first kappa shape index (κ1) is 15.3. The number of hydrogen-bond donors (Lipinski definition) is 0. The molecule has 1 atom stereocenters. The summed E-state index contributed by atoms with van der Waals surface area (Å²) < 4.78 is 1.93. The number of hydrogen-bond acceptors (Lipinski definition) is 3. The van der Waals surface area contributed by atoms with Gasteiger partial charge in [-0.25, -0.2) is 9.97 Å². The molecule has 118 valence electrons. The van der Waals surface area contributed by atoms with E-state index in [1.165, 1.54) is 6.42 Å². The monoisotopic (exact) mass is 306 g/mol. The molecule has 0 N–H and O–H groups in total. The van der Waals surface area contributed by atoms with Crippen molar-refractivity contribution in [1.29, 1.82) is 0 Å². The molecule has 3 aromatic rings. The zero-order valence-electron chi connectivity index (χ0n) is 13.4. The summed E-state index contributed by atoms with van der Waals surface area (Å²) in [6, 6.07) is 18.1. The predicted molar refractivity (Wildman–Crippen MR) is 93.8 cm³/mol. The van der Waals surface area contributed by atoms with E-state index in [4.69, 9.17) is 0 Å². The summed E-state index contributed by atoms with van der Waals surface area (Å²) in [6.07, 6.45) is 6.72. The number of aromatic nitrogens is 3. The van der Waals surface area contributed by atoms with Gasteiger partial charge in [-0.3, -0.25) is 4.57 Å². The van der Waals surface area contributed by atoms with Crippen molar-refractivity contribution < 1.29 is 0 Å². The molecular weight excluding hydrogens is 284 g/mol. The van der Waals surface area contributed by atoms with E-state index in [0.29, 0.717) is 0 Å². The van der Waals surface area contributed by atoms with Crippen molar-refractivity contribution in [3.63, 3.8) is 0 Å². The van der Waals surface area contributed by atoms with Crippen LogP contribution < -0.4 is 4.90 Å². The lowest BCUT2D eigenvalue weighted by atomic mass is 10.2. The van der Waals surface area contributed by atoms with Gasteiger partial charge in [-0.2, -0.15) is 0 Å². The van der Waals surface area contributed by atoms with Crippen LogP contribution in [0.15, 0.2) is 73.3 Å². The fourth-order valence-corrected chi connectivity index (χ4v) is 2.65. The number of nitrogens with zero attached hydrogens (tertiary/aromatic N) is 4. The Labute approximate surface area is 137 Å². The van der Waals surface area contributed by atoms with E-state index in [0.717, 1.165) is 30.6 Å². The van der Waals surface area contributed by atoms with E-state index >= 15 is 0 Å². The second-order valence-corrected chi connectivity index (χ2v) is 5.82. The molecule has 1 fully saturated rings. The predicted octanol–water partition coefficient (Wildman–Crippen LogP) is 3.80. The fraction of sp³-hybridized carbons (Fsp3) is 0.263. The summed E-state index contributed by atoms with van der Waals surface area (Å²) in [6.45, 7) is 4.52. The van der Waals surface area contributed by atoms with Gasteiger partial charge in [-0.1, -0.05) is 49.4 Å². The Morgan fingerprint density at radius 3 is 2.22 bits per heavy atom. The van der Waals surface area contributed by atoms with Crippen LogP contribution in [0.5, 0.6) is 0 Å². The summed E-state index contributed by atoms with van der Waals surface area (Å²) in [4.78, 5) is 11.1. The Hall–Kier alpha value is -2.62. The summed E-state index contributed by atoms with van der Waals surface area (Å²) >= 11 is 0. The van der Waals surface area contributed by atoms with Crippen molar-refractivity contribution >= 4 is 5.82 Å². The third kappa shape index (κ3) is 4.19. The first-order chi connectivity index (χ1) is 11.3. The quantitative estimate of drug-likeness (QED) is 0.722. The van der Waals surface area contributed by atoms with Crippen molar-refractivity contribution in [2.75, 3.05) is 18.0 Å². The maximum Gasteiger partial charge on any atom is 0.140 e. The first-order valence-corrected chi connectivity index (χ1v) is 8.03. The largest absolute Gasteiger partial charge is 0.356 e. The number of rotatable bonds is 2. The van der Waals surface area contributed by atoms with Crippen LogP contribution in [-0.2, 0) is 0 Å². The van der Waals surface area contributed by atoms with Gasteiger partial charge in [0, 0.05) is 25.5 Å². The summed E-state index contributed by atoms with van der Waals surface area (Å²) in [5, 5.41) is 0. The topological polar surface area (TPSA) is 34.0 Å². The van der Waals surface area contributed by atoms with Crippen LogP contribution in [0.1, 0.15) is 13.3 Å². The summed E-state index contributed by atoms with van der Waals surface area (Å²) in [5.74, 6) is 2.77. The van der Waals surface area contributed by atoms with Gasteiger partial charge in [-0.05, 0) is 24.5 Å². The fourth-order valence-electron chi connectivity index (χ4n) is 2.65. The SMILES string of the molecule is CC1CCN(c2cccc(-n3ccnc3)n2)C1.c1ccccc1. The highest BCUT2D eigenvalue weighted by atomic mass is 15.2. The van der Waals surface area contributed by atoms with Crippen LogP contribution in [0, 0.1) is 5.92 Å². The van der Waals surface area contributed by atoms with E-state index in [1.54, 1.807) is 12.5 Å². The minimum Gasteiger partial charge on any atom is -0.356 e. The van der Waals surface area contributed by atoms with Crippen molar-refractivity contribution in [3.8, 4) is 5.82 Å². The molecule has 1 aromatic carbocycles. The van der Waals surface area contributed by atoms with Crippen molar-refractivity contribution in [2.45, 2.75) is 13.3 Å². The lowest BCUT2D eigenvalue weighted by Gasteiger charge is -2.17. The number of pyridine rings is 1. The van der Waals surface area contributed by atoms with Crippen LogP contribution in [-0.4, -0.2) is 27.6 Å². The van der Waals surface area contributed by atoms with Gasteiger partial charge in [0.15, 0.2) is 0 Å². The van der Waals surface area contributed by atoms with E-state index in [2.05, 4.69) is 33.9 Å². The average molecular weight is 306 g/mol. The van der Waals surface area contributed by atoms with Gasteiger partial charge in [0.05, 0.1) is 0 Å². The van der Waals surface area contributed by atoms with Gasteiger partial charge in [0.25, 0.3) is 0 Å². The standard InChI is InChI=1S/C13H16N4.C6H6/c1-11-5-7-16(9-11)12-3-2-4-13(15-12)17-8-6-14-10-17;1-2-4-6-5-3-1/h2-4,6,8,10-11H,5,7,9H2,1H3;1-6H. The Morgan fingerprint density at radius 2 is 1.65 bits per heavy atom. The smallest absolute Gasteiger partial charge is 0.140 e. The number of benzene rings is 1. The van der Waals surface area contributed by atoms with Crippen molar-refractivity contribution in [1.82, 2.24) is 14.5 Å². The van der Waals surface area contributed by atoms with Gasteiger partial charge in [0.1, 0.15) is 18.0 Å². The van der Waals surface area contributed by atoms with Crippen LogP contribution >= 0.6 is 0 Å². The maximum atomic E-state index is 4.68. The summed E-state index contributed by atoms with van der Waals surface area (Å²) in [7, 11) is 0. The van der Waals surface area contributed by atoms with Gasteiger partial charge in [0.2, 0.25) is 0 Å². The van der Waals surface area contributed by atoms with Crippen molar-refractivity contribution in [2.24, 2.45) is 5.92 Å². The van der Waals surface area contributed by atoms with Crippen LogP contribution in [0.3, 0.4) is 0 Å². The molecule has 0 spiro atoms. The minimum atomic E-state index is 0.772. The molecule has 4 nitrogen and oxygen atoms in total. The second kappa shape index (κ2) is 7.58. The van der Waals surface area contributed by atoms with Gasteiger partial charge >= 0.3 is 0 Å². The molecule has 23 heavy (non-hydrogen) atoms. The average Bonchev–Trinajstić information content (AvgIpc) is 3.29. The van der Waals surface area contributed by atoms with Crippen molar-refractivity contribution in [3.05, 3.63) is 73.3 Å². The molecule has 0 radical (unpaired) electrons. The molecule has 4 rings (SSSR count). The molecular formula is C19H22N4. The Morgan fingerprint density at radius 1 is 0.957 bits per heavy atom. The molecule has 2 aromatic heterocycles. The normalized spacial score (nSPS) is 16.7. The molecule has 0 saturated carbocycles. The van der Waals surface area contributed by atoms with Gasteiger partial charge < -0.3 is 4.90 Å². The molecule has 1 aliphatic rings. The zero-order chi connectivity index (χ0) is 15.9. The Balaban J connectivity index is 0.000000220. The maximum absolute atomic E-state index is 4.68. The first-order valence-electron chi connectivity index (χ1n) is 8.03. The Kier molecular flexibility index (Phi) is 5.04. The lowest BCUT2D eigenvalue weighted by molar-refractivity contribution is 0.659. The highest BCUT2D eigenvalue weighted by molar-refractivity contribution is 5.43. The second-order valence-electron chi connectivity index (χ2n) is 5.82. The highest BCUT2D eigenvalue weighted by Crippen LogP contribution is 2.22. The van der Waals surface area contributed by atoms with Crippen LogP contribution in [0.25, 0.3) is 5.82 Å². The molecule has 0 aliphatic carbocycles. The van der Waals surface area contributed by atoms with Gasteiger partial charge in [-0.15, -0.1) is 0 Å². The van der Waals surface area contributed by atoms with E-state index < -0.39 is 0 Å². The van der Waals surface area contributed by atoms with E-state index in [1.807, 2.05) is 53.2 Å². The molecule has 4 heteroatoms. The molecule has 1 saturated heterocycles. The Bertz CT molecular complexity index is 668. The summed E-state index contributed by atoms with van der Waals surface area (Å²) in [5.41, 5.74) is 0. The highest BCUT2D eigenvalue weighted by Gasteiger charge is 2.19. The molecule has 0 bridgehead atoms. The lowest BCUT2D eigenvalue weighted by Crippen LogP contribution is -2.20. The number of anilines is 1. The molecule has 0 amide bonds. The number of imidazole rings is 1. The third-order valence-electron chi connectivity index (χ3n) is 3.90. The minimum absolute atomic E-state index is 0.772. The van der Waals surface area contributed by atoms with Crippen LogP contribution in [0.2, 0.25) is 0 Å². The molecule has 1 unspecified atom stereocenters. The zero-order valence-corrected chi connectivity index (χ0v) is 13.4. The molecule has 3 heterocycles. The van der Waals surface area contributed by atoms with Crippen LogP contribution in [0.4, 0.5) is 5.82 Å². The van der Waals surface area contributed by atoms with E-state index in [-0.39, 0.29) is 0 Å². The third-order valence-corrected chi connectivity index (χ3v) is 3.90. The van der Waals surface area contributed by atoms with E-state index in [9.17, 15) is 0 Å².